The van der Waals surface area contributed by atoms with E-state index in [0.29, 0.717) is 70.7 Å². The minimum Gasteiger partial charge on any atom is -0.497 e. The molecule has 1 radical (unpaired) electrons. The smallest absolute Gasteiger partial charge is 0.203 e. The Hall–Kier alpha value is -4.73. The Morgan fingerprint density at radius 1 is 0.634 bits per heavy atom. The first-order chi connectivity index (χ1) is 20.0. The number of hydrogen-bond donors (Lipinski definition) is 0. The summed E-state index contributed by atoms with van der Waals surface area (Å²) in [4.78, 5) is 0. The molecule has 217 valence electrons. The average molecular weight is 565 g/mol. The zero-order valence-corrected chi connectivity index (χ0v) is 24.1. The van der Waals surface area contributed by atoms with E-state index in [1.165, 1.54) is 0 Å². The molecule has 10 nitrogen and oxygen atoms in total. The molecule has 41 heavy (non-hydrogen) atoms. The second-order valence-electron chi connectivity index (χ2n) is 8.70. The molecular formula is C31H34NO9. The Bertz CT molecular complexity index is 1410. The quantitative estimate of drug-likeness (QED) is 0.158. The number of hydrogen-bond acceptors (Lipinski definition) is 10. The zero-order chi connectivity index (χ0) is 29.2. The third-order valence-corrected chi connectivity index (χ3v) is 6.26. The van der Waals surface area contributed by atoms with Gasteiger partial charge in [-0.1, -0.05) is 5.16 Å². The summed E-state index contributed by atoms with van der Waals surface area (Å²) < 4.78 is 50.0. The van der Waals surface area contributed by atoms with Gasteiger partial charge in [0.1, 0.15) is 11.4 Å². The van der Waals surface area contributed by atoms with Crippen molar-refractivity contribution in [3.8, 4) is 68.6 Å². The van der Waals surface area contributed by atoms with E-state index in [1.807, 2.05) is 36.4 Å². The van der Waals surface area contributed by atoms with Gasteiger partial charge in [0.25, 0.3) is 0 Å². The number of unbranched alkanes of at least 4 members (excludes halogenated alkanes) is 1. The molecule has 1 aromatic heterocycles. The van der Waals surface area contributed by atoms with E-state index in [1.54, 1.807) is 54.8 Å². The van der Waals surface area contributed by atoms with Crippen molar-refractivity contribution in [3.63, 3.8) is 0 Å². The first-order valence-corrected chi connectivity index (χ1v) is 12.9. The van der Waals surface area contributed by atoms with Gasteiger partial charge in [-0.3, -0.25) is 0 Å². The van der Waals surface area contributed by atoms with Crippen LogP contribution in [0.15, 0.2) is 53.1 Å². The third-order valence-electron chi connectivity index (χ3n) is 6.26. The lowest BCUT2D eigenvalue weighted by atomic mass is 10.1. The molecule has 0 spiro atoms. The Balaban J connectivity index is 1.40. The largest absolute Gasteiger partial charge is 0.497 e. The zero-order valence-electron chi connectivity index (χ0n) is 24.1. The van der Waals surface area contributed by atoms with Crippen molar-refractivity contribution < 1.29 is 42.4 Å². The highest BCUT2D eigenvalue weighted by atomic mass is 16.5. The van der Waals surface area contributed by atoms with Crippen molar-refractivity contribution in [2.75, 3.05) is 55.9 Å². The van der Waals surface area contributed by atoms with Crippen molar-refractivity contribution in [2.24, 2.45) is 0 Å². The maximum atomic E-state index is 6.06. The average Bonchev–Trinajstić information content (AvgIpc) is 3.52. The standard InChI is InChI=1S/C31H34NO9/c1-33-22-10-12-25(35-3)28(18-22)40-14-8-7-13-39-27-15-20(9-11-24(27)34-2)26-19-23(32-41-26)21-16-29(36-4)31(38-6)30(17-21)37-5/h9-11,15-19H,7-8,13-14H2,1-6H3. The summed E-state index contributed by atoms with van der Waals surface area (Å²) >= 11 is 0. The van der Waals surface area contributed by atoms with Gasteiger partial charge >= 0.3 is 0 Å². The SMILES string of the molecule is COc1c[c]c(OC)c(OCCCCOc2cc(-c3cc(-c4cc(OC)c(OC)c(OC)c4)no3)ccc2OC)c1. The second kappa shape index (κ2) is 14.1. The summed E-state index contributed by atoms with van der Waals surface area (Å²) in [6, 6.07) is 17.5. The minimum atomic E-state index is 0.470. The van der Waals surface area contributed by atoms with Gasteiger partial charge in [0, 0.05) is 29.3 Å². The third kappa shape index (κ3) is 6.89. The first-order valence-electron chi connectivity index (χ1n) is 12.9. The molecule has 0 unspecified atom stereocenters. The molecule has 4 aromatic rings. The number of ether oxygens (including phenoxy) is 8. The van der Waals surface area contributed by atoms with Gasteiger partial charge in [-0.2, -0.15) is 0 Å². The first kappa shape index (κ1) is 29.3. The molecule has 0 N–H and O–H groups in total. The summed E-state index contributed by atoms with van der Waals surface area (Å²) in [6.07, 6.45) is 1.53. The number of methoxy groups -OCH3 is 6. The molecule has 0 atom stereocenters. The Labute approximate surface area is 239 Å². The molecule has 0 aliphatic carbocycles. The van der Waals surface area contributed by atoms with E-state index in [-0.39, 0.29) is 0 Å². The predicted octanol–water partition coefficient (Wildman–Crippen LogP) is 6.10. The summed E-state index contributed by atoms with van der Waals surface area (Å²) in [5, 5.41) is 4.25. The van der Waals surface area contributed by atoms with Crippen LogP contribution in [0.3, 0.4) is 0 Å². The second-order valence-corrected chi connectivity index (χ2v) is 8.70. The lowest BCUT2D eigenvalue weighted by Gasteiger charge is -2.13. The Morgan fingerprint density at radius 2 is 1.29 bits per heavy atom. The number of benzene rings is 3. The number of nitrogens with zero attached hydrogens (tertiary/aromatic N) is 1. The van der Waals surface area contributed by atoms with E-state index in [0.717, 1.165) is 24.0 Å². The van der Waals surface area contributed by atoms with Gasteiger partial charge in [-0.15, -0.1) is 0 Å². The molecule has 0 aliphatic rings. The molecular weight excluding hydrogens is 530 g/mol. The van der Waals surface area contributed by atoms with Crippen LogP contribution in [0.5, 0.6) is 46.0 Å². The molecule has 0 saturated heterocycles. The van der Waals surface area contributed by atoms with E-state index >= 15 is 0 Å². The van der Waals surface area contributed by atoms with Gasteiger partial charge in [-0.05, 0) is 49.2 Å². The molecule has 4 rings (SSSR count). The number of rotatable bonds is 15. The molecule has 10 heteroatoms. The molecule has 0 amide bonds. The summed E-state index contributed by atoms with van der Waals surface area (Å²) in [7, 11) is 9.47. The molecule has 0 bridgehead atoms. The topological polar surface area (TPSA) is 99.9 Å². The van der Waals surface area contributed by atoms with Crippen LogP contribution in [0.2, 0.25) is 0 Å². The van der Waals surface area contributed by atoms with Crippen molar-refractivity contribution in [1.82, 2.24) is 5.16 Å². The van der Waals surface area contributed by atoms with Crippen molar-refractivity contribution in [3.05, 3.63) is 54.6 Å². The highest BCUT2D eigenvalue weighted by Crippen LogP contribution is 2.42. The molecule has 0 saturated carbocycles. The van der Waals surface area contributed by atoms with E-state index in [9.17, 15) is 0 Å². The monoisotopic (exact) mass is 564 g/mol. The predicted molar refractivity (Wildman–Crippen MR) is 152 cm³/mol. The van der Waals surface area contributed by atoms with Crippen molar-refractivity contribution >= 4 is 0 Å². The Morgan fingerprint density at radius 3 is 1.90 bits per heavy atom. The number of aromatic nitrogens is 1. The normalized spacial score (nSPS) is 10.6. The van der Waals surface area contributed by atoms with Gasteiger partial charge in [0.15, 0.2) is 40.3 Å². The van der Waals surface area contributed by atoms with Crippen LogP contribution in [-0.2, 0) is 0 Å². The van der Waals surface area contributed by atoms with Crippen molar-refractivity contribution in [1.29, 1.82) is 0 Å². The van der Waals surface area contributed by atoms with Crippen LogP contribution in [0, 0.1) is 6.07 Å². The maximum Gasteiger partial charge on any atom is 0.203 e. The highest BCUT2D eigenvalue weighted by Gasteiger charge is 2.18. The summed E-state index contributed by atoms with van der Waals surface area (Å²) in [5.74, 6) is 5.11. The summed E-state index contributed by atoms with van der Waals surface area (Å²) in [5.41, 5.74) is 2.16. The minimum absolute atomic E-state index is 0.470. The van der Waals surface area contributed by atoms with E-state index in [4.69, 9.17) is 42.4 Å². The van der Waals surface area contributed by atoms with Gasteiger partial charge in [0.2, 0.25) is 5.75 Å². The van der Waals surface area contributed by atoms with E-state index < -0.39 is 0 Å². The van der Waals surface area contributed by atoms with Crippen LogP contribution >= 0.6 is 0 Å². The molecule has 1 heterocycles. The molecule has 3 aromatic carbocycles. The van der Waals surface area contributed by atoms with Crippen LogP contribution in [0.1, 0.15) is 12.8 Å². The van der Waals surface area contributed by atoms with Crippen LogP contribution in [0.4, 0.5) is 0 Å². The van der Waals surface area contributed by atoms with Gasteiger partial charge in [0.05, 0.1) is 55.9 Å². The maximum absolute atomic E-state index is 6.06. The lowest BCUT2D eigenvalue weighted by molar-refractivity contribution is 0.251. The fourth-order valence-corrected chi connectivity index (χ4v) is 4.12. The fraction of sp³-hybridized carbons (Fsp3) is 0.323. The van der Waals surface area contributed by atoms with Crippen LogP contribution in [0.25, 0.3) is 22.6 Å². The summed E-state index contributed by atoms with van der Waals surface area (Å²) in [6.45, 7) is 0.956. The molecule has 0 aliphatic heterocycles. The van der Waals surface area contributed by atoms with Crippen LogP contribution in [-0.4, -0.2) is 61.0 Å². The van der Waals surface area contributed by atoms with Gasteiger partial charge < -0.3 is 42.4 Å². The lowest BCUT2D eigenvalue weighted by Crippen LogP contribution is -2.04. The Kier molecular flexibility index (Phi) is 10.0. The van der Waals surface area contributed by atoms with Crippen molar-refractivity contribution in [2.45, 2.75) is 12.8 Å². The van der Waals surface area contributed by atoms with E-state index in [2.05, 4.69) is 11.2 Å². The molecule has 0 fully saturated rings. The van der Waals surface area contributed by atoms with Gasteiger partial charge in [-0.25, -0.2) is 0 Å². The fourth-order valence-electron chi connectivity index (χ4n) is 4.12. The highest BCUT2D eigenvalue weighted by molar-refractivity contribution is 5.72. The van der Waals surface area contributed by atoms with Crippen LogP contribution < -0.4 is 37.9 Å².